The van der Waals surface area contributed by atoms with E-state index in [1.165, 1.54) is 25.7 Å². The molecule has 0 saturated carbocycles. The van der Waals surface area contributed by atoms with E-state index in [0.29, 0.717) is 0 Å². The van der Waals surface area contributed by atoms with Crippen LogP contribution >= 0.6 is 0 Å². The zero-order valence-electron chi connectivity index (χ0n) is 6.56. The molecule has 1 atom stereocenters. The molecule has 0 aromatic carbocycles. The summed E-state index contributed by atoms with van der Waals surface area (Å²) < 4.78 is 0. The molecule has 0 spiro atoms. The first-order chi connectivity index (χ1) is 4.92. The molecule has 0 aromatic heterocycles. The summed E-state index contributed by atoms with van der Waals surface area (Å²) in [5.41, 5.74) is 3.41. The number of hydrogen-bond donors (Lipinski definition) is 0. The first-order valence-corrected chi connectivity index (χ1v) is 4.30. The average Bonchev–Trinajstić information content (AvgIpc) is 2.44. The molecular formula is C10H14. The lowest BCUT2D eigenvalue weighted by atomic mass is 9.99. The lowest BCUT2D eigenvalue weighted by molar-refractivity contribution is 0.592. The Morgan fingerprint density at radius 1 is 1.60 bits per heavy atom. The predicted octanol–water partition coefficient (Wildman–Crippen LogP) is 3.06. The summed E-state index contributed by atoms with van der Waals surface area (Å²) in [5.74, 6) is 0.911. The average molecular weight is 134 g/mol. The number of rotatable bonds is 1. The van der Waals surface area contributed by atoms with Crippen molar-refractivity contribution in [2.45, 2.75) is 32.6 Å². The van der Waals surface area contributed by atoms with Gasteiger partial charge in [-0.15, -0.1) is 0 Å². The van der Waals surface area contributed by atoms with Crippen molar-refractivity contribution < 1.29 is 0 Å². The molecule has 2 aliphatic carbocycles. The molecule has 0 nitrogen and oxygen atoms in total. The smallest absolute Gasteiger partial charge is 0.0130 e. The molecule has 0 radical (unpaired) electrons. The fraction of sp³-hybridized carbons (Fsp3) is 0.600. The van der Waals surface area contributed by atoms with E-state index in [4.69, 9.17) is 0 Å². The molecule has 0 saturated heterocycles. The van der Waals surface area contributed by atoms with Crippen LogP contribution in [0.1, 0.15) is 32.6 Å². The van der Waals surface area contributed by atoms with Crippen molar-refractivity contribution >= 4 is 0 Å². The van der Waals surface area contributed by atoms with Gasteiger partial charge >= 0.3 is 0 Å². The second-order valence-electron chi connectivity index (χ2n) is 3.31. The van der Waals surface area contributed by atoms with E-state index in [1.807, 2.05) is 0 Å². The first kappa shape index (κ1) is 6.21. The van der Waals surface area contributed by atoms with Crippen LogP contribution in [0.5, 0.6) is 0 Å². The van der Waals surface area contributed by atoms with Gasteiger partial charge in [-0.25, -0.2) is 0 Å². The minimum absolute atomic E-state index is 0.911. The maximum Gasteiger partial charge on any atom is -0.0130 e. The van der Waals surface area contributed by atoms with Gasteiger partial charge in [0, 0.05) is 0 Å². The Hall–Kier alpha value is -0.520. The van der Waals surface area contributed by atoms with E-state index in [0.717, 1.165) is 5.92 Å². The van der Waals surface area contributed by atoms with Crippen molar-refractivity contribution in [1.29, 1.82) is 0 Å². The molecule has 0 heteroatoms. The highest BCUT2D eigenvalue weighted by atomic mass is 14.3. The van der Waals surface area contributed by atoms with E-state index in [1.54, 1.807) is 11.1 Å². The van der Waals surface area contributed by atoms with Gasteiger partial charge in [-0.3, -0.25) is 0 Å². The summed E-state index contributed by atoms with van der Waals surface area (Å²) >= 11 is 0. The fourth-order valence-corrected chi connectivity index (χ4v) is 2.16. The third kappa shape index (κ3) is 0.749. The van der Waals surface area contributed by atoms with Gasteiger partial charge in [0.2, 0.25) is 0 Å². The third-order valence-corrected chi connectivity index (χ3v) is 2.80. The second-order valence-corrected chi connectivity index (χ2v) is 3.31. The highest BCUT2D eigenvalue weighted by molar-refractivity contribution is 5.38. The van der Waals surface area contributed by atoms with E-state index in [2.05, 4.69) is 19.1 Å². The molecule has 2 rings (SSSR count). The van der Waals surface area contributed by atoms with Crippen LogP contribution in [0.3, 0.4) is 0 Å². The summed E-state index contributed by atoms with van der Waals surface area (Å²) in [5, 5.41) is 0. The largest absolute Gasteiger partial charge is 0.0802 e. The van der Waals surface area contributed by atoms with Crippen LogP contribution in [-0.2, 0) is 0 Å². The van der Waals surface area contributed by atoms with Gasteiger partial charge < -0.3 is 0 Å². The zero-order valence-corrected chi connectivity index (χ0v) is 6.56. The van der Waals surface area contributed by atoms with Crippen LogP contribution in [0.15, 0.2) is 23.3 Å². The molecule has 10 heavy (non-hydrogen) atoms. The molecule has 0 aliphatic heterocycles. The normalized spacial score (nSPS) is 29.9. The Morgan fingerprint density at radius 2 is 2.50 bits per heavy atom. The van der Waals surface area contributed by atoms with Gasteiger partial charge in [-0.05, 0) is 37.2 Å². The van der Waals surface area contributed by atoms with E-state index in [9.17, 15) is 0 Å². The summed E-state index contributed by atoms with van der Waals surface area (Å²) in [6.07, 6.45) is 10.0. The van der Waals surface area contributed by atoms with E-state index < -0.39 is 0 Å². The second kappa shape index (κ2) is 2.26. The third-order valence-electron chi connectivity index (χ3n) is 2.80. The molecule has 0 fully saturated rings. The molecule has 0 bridgehead atoms. The maximum atomic E-state index is 2.34. The summed E-state index contributed by atoms with van der Waals surface area (Å²) in [4.78, 5) is 0. The van der Waals surface area contributed by atoms with Gasteiger partial charge in [0.25, 0.3) is 0 Å². The SMILES string of the molecule is CCC1CCC2=C1C=CC2. The molecule has 1 unspecified atom stereocenters. The van der Waals surface area contributed by atoms with Gasteiger partial charge in [-0.2, -0.15) is 0 Å². The Bertz CT molecular complexity index is 196. The van der Waals surface area contributed by atoms with Crippen molar-refractivity contribution in [1.82, 2.24) is 0 Å². The minimum atomic E-state index is 0.911. The molecule has 54 valence electrons. The monoisotopic (exact) mass is 134 g/mol. The van der Waals surface area contributed by atoms with E-state index >= 15 is 0 Å². The topological polar surface area (TPSA) is 0 Å². The van der Waals surface area contributed by atoms with Crippen LogP contribution in [-0.4, -0.2) is 0 Å². The highest BCUT2D eigenvalue weighted by Gasteiger charge is 2.23. The molecule has 2 aliphatic rings. The van der Waals surface area contributed by atoms with E-state index in [-0.39, 0.29) is 0 Å². The van der Waals surface area contributed by atoms with Crippen molar-refractivity contribution in [2.75, 3.05) is 0 Å². The quantitative estimate of drug-likeness (QED) is 0.517. The molecule has 0 aromatic rings. The number of hydrogen-bond acceptors (Lipinski definition) is 0. The summed E-state index contributed by atoms with van der Waals surface area (Å²) in [7, 11) is 0. The molecule has 0 heterocycles. The predicted molar refractivity (Wildman–Crippen MR) is 43.8 cm³/mol. The highest BCUT2D eigenvalue weighted by Crippen LogP contribution is 2.39. The van der Waals surface area contributed by atoms with Gasteiger partial charge in [0.1, 0.15) is 0 Å². The molecule has 0 N–H and O–H groups in total. The van der Waals surface area contributed by atoms with Crippen molar-refractivity contribution in [3.05, 3.63) is 23.3 Å². The zero-order chi connectivity index (χ0) is 6.97. The Balaban J connectivity index is 2.22. The lowest BCUT2D eigenvalue weighted by Gasteiger charge is -2.06. The Labute approximate surface area is 62.6 Å². The van der Waals surface area contributed by atoms with Crippen LogP contribution in [0.2, 0.25) is 0 Å². The molecule has 0 amide bonds. The maximum absolute atomic E-state index is 2.34. The van der Waals surface area contributed by atoms with Crippen molar-refractivity contribution in [3.8, 4) is 0 Å². The van der Waals surface area contributed by atoms with Gasteiger partial charge in [0.05, 0.1) is 0 Å². The van der Waals surface area contributed by atoms with Crippen molar-refractivity contribution in [2.24, 2.45) is 5.92 Å². The van der Waals surface area contributed by atoms with Crippen LogP contribution < -0.4 is 0 Å². The summed E-state index contributed by atoms with van der Waals surface area (Å²) in [6.45, 7) is 2.30. The molecular weight excluding hydrogens is 120 g/mol. The lowest BCUT2D eigenvalue weighted by Crippen LogP contribution is -1.93. The minimum Gasteiger partial charge on any atom is -0.0802 e. The van der Waals surface area contributed by atoms with Crippen LogP contribution in [0.4, 0.5) is 0 Å². The standard InChI is InChI=1S/C10H14/c1-2-8-6-7-9-4-3-5-10(8)9/h3,5,8H,2,4,6-7H2,1H3. The summed E-state index contributed by atoms with van der Waals surface area (Å²) in [6, 6.07) is 0. The van der Waals surface area contributed by atoms with Crippen molar-refractivity contribution in [3.63, 3.8) is 0 Å². The van der Waals surface area contributed by atoms with Gasteiger partial charge in [0.15, 0.2) is 0 Å². The Kier molecular flexibility index (Phi) is 1.40. The van der Waals surface area contributed by atoms with Crippen LogP contribution in [0, 0.1) is 5.92 Å². The van der Waals surface area contributed by atoms with Crippen LogP contribution in [0.25, 0.3) is 0 Å². The first-order valence-electron chi connectivity index (χ1n) is 4.30. The Morgan fingerprint density at radius 3 is 3.30 bits per heavy atom. The fourth-order valence-electron chi connectivity index (χ4n) is 2.16. The van der Waals surface area contributed by atoms with Gasteiger partial charge in [-0.1, -0.05) is 24.6 Å². The number of allylic oxidation sites excluding steroid dienone is 4.